The van der Waals surface area contributed by atoms with Crippen molar-refractivity contribution in [3.8, 4) is 0 Å². The van der Waals surface area contributed by atoms with Crippen LogP contribution in [0.4, 0.5) is 0 Å². The predicted octanol–water partition coefficient (Wildman–Crippen LogP) is 1.05. The van der Waals surface area contributed by atoms with Gasteiger partial charge in [0, 0.05) is 41.3 Å². The number of fused-ring (bicyclic) bond motifs is 1. The Labute approximate surface area is 130 Å². The Kier molecular flexibility index (Phi) is 4.38. The van der Waals surface area contributed by atoms with Crippen LogP contribution in [-0.2, 0) is 21.3 Å². The molecule has 0 radical (unpaired) electrons. The van der Waals surface area contributed by atoms with Gasteiger partial charge in [0.05, 0.1) is 19.5 Å². The topological polar surface area (TPSA) is 58.6 Å². The first-order valence-electron chi connectivity index (χ1n) is 7.23. The van der Waals surface area contributed by atoms with Crippen LogP contribution in [0.25, 0.3) is 0 Å². The minimum absolute atomic E-state index is 0.0891. The first-order chi connectivity index (χ1) is 9.90. The third-order valence-electron chi connectivity index (χ3n) is 4.25. The Hall–Kier alpha value is -0.470. The highest BCUT2D eigenvalue weighted by molar-refractivity contribution is 7.88. The number of thiophene rings is 1. The van der Waals surface area contributed by atoms with Crippen molar-refractivity contribution in [2.75, 3.05) is 32.6 Å². The zero-order valence-corrected chi connectivity index (χ0v) is 14.0. The summed E-state index contributed by atoms with van der Waals surface area (Å²) in [7, 11) is -3.18. The molecule has 3 heterocycles. The van der Waals surface area contributed by atoms with Crippen LogP contribution in [0.5, 0.6) is 0 Å². The van der Waals surface area contributed by atoms with Gasteiger partial charge in [0.2, 0.25) is 10.0 Å². The van der Waals surface area contributed by atoms with Gasteiger partial charge in [-0.05, 0) is 25.0 Å². The molecule has 3 atom stereocenters. The molecular formula is C14H22N2O3S2. The van der Waals surface area contributed by atoms with Gasteiger partial charge in [0.25, 0.3) is 0 Å². The van der Waals surface area contributed by atoms with E-state index in [1.807, 2.05) is 11.3 Å². The lowest BCUT2D eigenvalue weighted by Crippen LogP contribution is -2.49. The van der Waals surface area contributed by atoms with E-state index < -0.39 is 10.0 Å². The minimum Gasteiger partial charge on any atom is -0.379 e. The molecule has 1 N–H and O–H groups in total. The molecule has 0 saturated carbocycles. The largest absolute Gasteiger partial charge is 0.379 e. The Balaban J connectivity index is 1.65. The summed E-state index contributed by atoms with van der Waals surface area (Å²) < 4.78 is 31.3. The Morgan fingerprint density at radius 1 is 1.38 bits per heavy atom. The summed E-state index contributed by atoms with van der Waals surface area (Å²) in [6.07, 6.45) is 1.22. The van der Waals surface area contributed by atoms with Crippen molar-refractivity contribution in [1.29, 1.82) is 0 Å². The van der Waals surface area contributed by atoms with Crippen LogP contribution in [-0.4, -0.2) is 51.9 Å². The van der Waals surface area contributed by atoms with Crippen molar-refractivity contribution < 1.29 is 13.2 Å². The molecule has 0 aromatic carbocycles. The second kappa shape index (κ2) is 5.96. The van der Waals surface area contributed by atoms with Crippen LogP contribution in [0.1, 0.15) is 9.75 Å². The van der Waals surface area contributed by atoms with Gasteiger partial charge in [-0.1, -0.05) is 0 Å². The average Bonchev–Trinajstić information content (AvgIpc) is 2.94. The number of sulfonamides is 1. The van der Waals surface area contributed by atoms with Crippen molar-refractivity contribution in [3.63, 3.8) is 0 Å². The van der Waals surface area contributed by atoms with Gasteiger partial charge < -0.3 is 4.74 Å². The fourth-order valence-corrected chi connectivity index (χ4v) is 5.13. The van der Waals surface area contributed by atoms with Gasteiger partial charge in [0.15, 0.2) is 0 Å². The molecule has 0 aliphatic carbocycles. The maximum Gasteiger partial charge on any atom is 0.209 e. The van der Waals surface area contributed by atoms with Crippen LogP contribution in [0, 0.1) is 18.8 Å². The molecule has 0 amide bonds. The molecule has 21 heavy (non-hydrogen) atoms. The van der Waals surface area contributed by atoms with E-state index in [0.717, 1.165) is 26.2 Å². The molecule has 7 heteroatoms. The predicted molar refractivity (Wildman–Crippen MR) is 83.9 cm³/mol. The van der Waals surface area contributed by atoms with E-state index in [0.29, 0.717) is 18.4 Å². The zero-order valence-electron chi connectivity index (χ0n) is 12.4. The van der Waals surface area contributed by atoms with Crippen LogP contribution < -0.4 is 4.72 Å². The summed E-state index contributed by atoms with van der Waals surface area (Å²) in [4.78, 5) is 5.13. The van der Waals surface area contributed by atoms with Gasteiger partial charge in [-0.3, -0.25) is 4.90 Å². The van der Waals surface area contributed by atoms with Gasteiger partial charge in [-0.25, -0.2) is 13.1 Å². The van der Waals surface area contributed by atoms with Crippen LogP contribution in [0.2, 0.25) is 0 Å². The first kappa shape index (κ1) is 15.4. The van der Waals surface area contributed by atoms with E-state index in [9.17, 15) is 8.42 Å². The van der Waals surface area contributed by atoms with Crippen LogP contribution in [0.3, 0.4) is 0 Å². The minimum atomic E-state index is -3.18. The monoisotopic (exact) mass is 330 g/mol. The Bertz CT molecular complexity index is 599. The van der Waals surface area contributed by atoms with Crippen molar-refractivity contribution in [1.82, 2.24) is 9.62 Å². The van der Waals surface area contributed by atoms with Crippen LogP contribution in [0.15, 0.2) is 12.1 Å². The summed E-state index contributed by atoms with van der Waals surface area (Å²) in [5, 5.41) is 0. The molecule has 5 nitrogen and oxygen atoms in total. The fraction of sp³-hybridized carbons (Fsp3) is 0.714. The molecule has 2 aliphatic rings. The molecule has 0 unspecified atom stereocenters. The highest BCUT2D eigenvalue weighted by Gasteiger charge is 2.41. The zero-order chi connectivity index (χ0) is 15.0. The second-order valence-electron chi connectivity index (χ2n) is 6.16. The summed E-state index contributed by atoms with van der Waals surface area (Å²) in [6, 6.07) is 4.25. The SMILES string of the molecule is Cc1ccc(CN2C[C@@H]3COC[C@@H](NS(C)(=O)=O)[C@@H]3C2)s1. The number of hydrogen-bond donors (Lipinski definition) is 1. The number of aryl methyl sites for hydroxylation is 1. The van der Waals surface area contributed by atoms with Gasteiger partial charge in [-0.2, -0.15) is 0 Å². The van der Waals surface area contributed by atoms with Crippen molar-refractivity contribution in [3.05, 3.63) is 21.9 Å². The van der Waals surface area contributed by atoms with E-state index in [1.165, 1.54) is 16.0 Å². The molecule has 0 bridgehead atoms. The summed E-state index contributed by atoms with van der Waals surface area (Å²) in [5.41, 5.74) is 0. The molecule has 0 spiro atoms. The Morgan fingerprint density at radius 2 is 2.19 bits per heavy atom. The number of rotatable bonds is 4. The summed E-state index contributed by atoms with van der Waals surface area (Å²) in [5.74, 6) is 0.786. The lowest BCUT2D eigenvalue weighted by Gasteiger charge is -2.32. The lowest BCUT2D eigenvalue weighted by molar-refractivity contribution is 0.0164. The molecule has 1 aromatic heterocycles. The smallest absolute Gasteiger partial charge is 0.209 e. The van der Waals surface area contributed by atoms with Gasteiger partial charge >= 0.3 is 0 Å². The standard InChI is InChI=1S/C14H22N2O3S2/c1-10-3-4-12(20-10)6-16-5-11-8-19-9-14(13(11)7-16)15-21(2,17)18/h3-4,11,13-15H,5-9H2,1-2H3/t11-,13-,14-/m1/s1. The molecule has 2 fully saturated rings. The summed E-state index contributed by atoms with van der Waals surface area (Å²) in [6.45, 7) is 6.24. The summed E-state index contributed by atoms with van der Waals surface area (Å²) >= 11 is 1.83. The van der Waals surface area contributed by atoms with Crippen molar-refractivity contribution >= 4 is 21.4 Å². The lowest BCUT2D eigenvalue weighted by atomic mass is 9.88. The first-order valence-corrected chi connectivity index (χ1v) is 9.94. The van der Waals surface area contributed by atoms with E-state index in [4.69, 9.17) is 4.74 Å². The normalized spacial score (nSPS) is 30.5. The number of ether oxygens (including phenoxy) is 1. The molecule has 1 aromatic rings. The number of nitrogens with zero attached hydrogens (tertiary/aromatic N) is 1. The van der Waals surface area contributed by atoms with Gasteiger partial charge in [-0.15, -0.1) is 11.3 Å². The van der Waals surface area contributed by atoms with Crippen molar-refractivity contribution in [2.45, 2.75) is 19.5 Å². The van der Waals surface area contributed by atoms with E-state index in [-0.39, 0.29) is 6.04 Å². The van der Waals surface area contributed by atoms with E-state index in [2.05, 4.69) is 28.7 Å². The molecular weight excluding hydrogens is 308 g/mol. The Morgan fingerprint density at radius 3 is 2.86 bits per heavy atom. The molecule has 3 rings (SSSR count). The highest BCUT2D eigenvalue weighted by Crippen LogP contribution is 2.32. The average molecular weight is 330 g/mol. The number of hydrogen-bond acceptors (Lipinski definition) is 5. The second-order valence-corrected chi connectivity index (χ2v) is 9.32. The van der Waals surface area contributed by atoms with Crippen molar-refractivity contribution in [2.24, 2.45) is 11.8 Å². The fourth-order valence-electron chi connectivity index (χ4n) is 3.41. The maximum absolute atomic E-state index is 11.5. The molecule has 118 valence electrons. The van der Waals surface area contributed by atoms with Crippen LogP contribution >= 0.6 is 11.3 Å². The molecule has 2 aliphatic heterocycles. The van der Waals surface area contributed by atoms with Gasteiger partial charge in [0.1, 0.15) is 0 Å². The van der Waals surface area contributed by atoms with E-state index >= 15 is 0 Å². The quantitative estimate of drug-likeness (QED) is 0.897. The van der Waals surface area contributed by atoms with E-state index in [1.54, 1.807) is 0 Å². The molecule has 2 saturated heterocycles. The third kappa shape index (κ3) is 3.84. The highest BCUT2D eigenvalue weighted by atomic mass is 32.2. The third-order valence-corrected chi connectivity index (χ3v) is 5.97. The number of likely N-dealkylation sites (tertiary alicyclic amines) is 1. The number of nitrogens with one attached hydrogen (secondary N) is 1. The maximum atomic E-state index is 11.5.